The molecule has 0 bridgehead atoms. The molecule has 110 valence electrons. The molecule has 0 fully saturated rings. The van der Waals surface area contributed by atoms with Crippen LogP contribution in [0.25, 0.3) is 0 Å². The molecule has 6 heteroatoms. The lowest BCUT2D eigenvalue weighted by atomic mass is 10.2. The Hall–Kier alpha value is -2.50. The summed E-state index contributed by atoms with van der Waals surface area (Å²) in [6, 6.07) is 9.08. The average Bonchev–Trinajstić information content (AvgIpc) is 2.51. The van der Waals surface area contributed by atoms with E-state index in [1.807, 2.05) is 0 Å². The van der Waals surface area contributed by atoms with E-state index in [2.05, 4.69) is 20.6 Å². The molecule has 21 heavy (non-hydrogen) atoms. The number of guanidine groups is 1. The third kappa shape index (κ3) is 4.52. The van der Waals surface area contributed by atoms with Gasteiger partial charge in [0.15, 0.2) is 5.96 Å². The average molecular weight is 290 g/mol. The molecule has 0 aliphatic heterocycles. The molecule has 2 rings (SSSR count). The van der Waals surface area contributed by atoms with Crippen molar-refractivity contribution >= 4 is 5.96 Å². The zero-order chi connectivity index (χ0) is 15.1. The van der Waals surface area contributed by atoms with Gasteiger partial charge >= 0.3 is 0 Å². The predicted octanol–water partition coefficient (Wildman–Crippen LogP) is 2.22. The molecule has 0 saturated carbocycles. The Morgan fingerprint density at radius 1 is 1.10 bits per heavy atom. The van der Waals surface area contributed by atoms with Crippen molar-refractivity contribution in [1.82, 2.24) is 15.6 Å². The smallest absolute Gasteiger partial charge is 0.191 e. The number of halogens is 2. The van der Waals surface area contributed by atoms with Gasteiger partial charge < -0.3 is 10.6 Å². The van der Waals surface area contributed by atoms with E-state index < -0.39 is 0 Å². The second-order valence-corrected chi connectivity index (χ2v) is 4.34. The quantitative estimate of drug-likeness (QED) is 0.670. The highest BCUT2D eigenvalue weighted by Crippen LogP contribution is 2.03. The summed E-state index contributed by atoms with van der Waals surface area (Å²) in [6.07, 6.45) is 1.54. The van der Waals surface area contributed by atoms with Crippen LogP contribution in [0.3, 0.4) is 0 Å². The van der Waals surface area contributed by atoms with Crippen molar-refractivity contribution in [3.8, 4) is 0 Å². The lowest BCUT2D eigenvalue weighted by Gasteiger charge is -2.12. The molecule has 4 nitrogen and oxygen atoms in total. The third-order valence-corrected chi connectivity index (χ3v) is 2.85. The molecule has 0 radical (unpaired) electrons. The minimum Gasteiger partial charge on any atom is -0.352 e. The molecule has 0 saturated heterocycles. The Bertz CT molecular complexity index is 611. The van der Waals surface area contributed by atoms with Gasteiger partial charge in [-0.15, -0.1) is 0 Å². The molecule has 0 atom stereocenters. The summed E-state index contributed by atoms with van der Waals surface area (Å²) in [6.45, 7) is 0.723. The highest BCUT2D eigenvalue weighted by atomic mass is 19.1. The molecule has 0 unspecified atom stereocenters. The molecule has 0 aliphatic carbocycles. The minimum absolute atomic E-state index is 0.232. The van der Waals surface area contributed by atoms with Crippen LogP contribution in [0.1, 0.15) is 11.3 Å². The standard InChI is InChI=1S/C15H16F2N4/c1-18-15(20-9-11-4-6-12(16)7-5-11)21-10-14-13(17)3-2-8-19-14/h2-8H,9-10H2,1H3,(H2,18,20,21). The number of hydrogen-bond donors (Lipinski definition) is 2. The van der Waals surface area contributed by atoms with E-state index in [1.165, 1.54) is 24.4 Å². The summed E-state index contributed by atoms with van der Waals surface area (Å²) >= 11 is 0. The van der Waals surface area contributed by atoms with Gasteiger partial charge in [-0.05, 0) is 29.8 Å². The van der Waals surface area contributed by atoms with Gasteiger partial charge in [-0.2, -0.15) is 0 Å². The molecular formula is C15H16F2N4. The molecule has 1 aromatic carbocycles. The third-order valence-electron chi connectivity index (χ3n) is 2.85. The molecule has 1 aromatic heterocycles. The van der Waals surface area contributed by atoms with E-state index in [-0.39, 0.29) is 18.2 Å². The molecular weight excluding hydrogens is 274 g/mol. The Morgan fingerprint density at radius 2 is 1.81 bits per heavy atom. The topological polar surface area (TPSA) is 49.3 Å². The maximum atomic E-state index is 13.4. The van der Waals surface area contributed by atoms with Gasteiger partial charge in [0.2, 0.25) is 0 Å². The zero-order valence-electron chi connectivity index (χ0n) is 11.6. The highest BCUT2D eigenvalue weighted by Gasteiger charge is 2.04. The van der Waals surface area contributed by atoms with E-state index in [9.17, 15) is 8.78 Å². The van der Waals surface area contributed by atoms with Crippen molar-refractivity contribution in [2.75, 3.05) is 7.05 Å². The number of hydrogen-bond acceptors (Lipinski definition) is 2. The maximum absolute atomic E-state index is 13.4. The largest absolute Gasteiger partial charge is 0.352 e. The van der Waals surface area contributed by atoms with Gasteiger partial charge in [-0.1, -0.05) is 12.1 Å². The van der Waals surface area contributed by atoms with Crippen LogP contribution in [0.5, 0.6) is 0 Å². The van der Waals surface area contributed by atoms with Gasteiger partial charge in [0, 0.05) is 19.8 Å². The number of nitrogens with one attached hydrogen (secondary N) is 2. The van der Waals surface area contributed by atoms with Crippen LogP contribution in [-0.4, -0.2) is 18.0 Å². The fourth-order valence-corrected chi connectivity index (χ4v) is 1.72. The number of nitrogens with zero attached hydrogens (tertiary/aromatic N) is 2. The van der Waals surface area contributed by atoms with Crippen LogP contribution >= 0.6 is 0 Å². The number of pyridine rings is 1. The van der Waals surface area contributed by atoms with E-state index in [0.29, 0.717) is 18.2 Å². The molecule has 0 aliphatic rings. The fraction of sp³-hybridized carbons (Fsp3) is 0.200. The Morgan fingerprint density at radius 3 is 2.48 bits per heavy atom. The van der Waals surface area contributed by atoms with Gasteiger partial charge in [-0.25, -0.2) is 8.78 Å². The second kappa shape index (κ2) is 7.33. The first kappa shape index (κ1) is 14.9. The van der Waals surface area contributed by atoms with Crippen LogP contribution in [0, 0.1) is 11.6 Å². The van der Waals surface area contributed by atoms with Gasteiger partial charge in [0.1, 0.15) is 11.6 Å². The SMILES string of the molecule is CN=C(NCc1ccc(F)cc1)NCc1ncccc1F. The van der Waals surface area contributed by atoms with E-state index in [0.717, 1.165) is 5.56 Å². The van der Waals surface area contributed by atoms with Crippen molar-refractivity contribution in [2.24, 2.45) is 4.99 Å². The summed E-state index contributed by atoms with van der Waals surface area (Å²) in [5.41, 5.74) is 1.24. The normalized spacial score (nSPS) is 11.3. The summed E-state index contributed by atoms with van der Waals surface area (Å²) in [7, 11) is 1.62. The minimum atomic E-state index is -0.362. The monoisotopic (exact) mass is 290 g/mol. The number of benzene rings is 1. The Kier molecular flexibility index (Phi) is 5.20. The van der Waals surface area contributed by atoms with E-state index in [4.69, 9.17) is 0 Å². The van der Waals surface area contributed by atoms with Crippen molar-refractivity contribution in [2.45, 2.75) is 13.1 Å². The Balaban J connectivity index is 1.86. The van der Waals surface area contributed by atoms with Gasteiger partial charge in [-0.3, -0.25) is 9.98 Å². The number of aliphatic imine (C=N–C) groups is 1. The lowest BCUT2D eigenvalue weighted by Crippen LogP contribution is -2.36. The highest BCUT2D eigenvalue weighted by molar-refractivity contribution is 5.79. The first-order chi connectivity index (χ1) is 10.2. The summed E-state index contributed by atoms with van der Waals surface area (Å²) < 4.78 is 26.2. The van der Waals surface area contributed by atoms with Crippen LogP contribution in [0.4, 0.5) is 8.78 Å². The number of aromatic nitrogens is 1. The van der Waals surface area contributed by atoms with Crippen molar-refractivity contribution in [1.29, 1.82) is 0 Å². The van der Waals surface area contributed by atoms with Crippen molar-refractivity contribution in [3.05, 3.63) is 65.5 Å². The van der Waals surface area contributed by atoms with Crippen LogP contribution in [-0.2, 0) is 13.1 Å². The summed E-state index contributed by atoms with van der Waals surface area (Å²) in [4.78, 5) is 7.99. The van der Waals surface area contributed by atoms with Crippen LogP contribution < -0.4 is 10.6 Å². The summed E-state index contributed by atoms with van der Waals surface area (Å²) in [5.74, 6) is -0.116. The lowest BCUT2D eigenvalue weighted by molar-refractivity contribution is 0.592. The fourth-order valence-electron chi connectivity index (χ4n) is 1.72. The first-order valence-corrected chi connectivity index (χ1v) is 6.47. The molecule has 0 amide bonds. The van der Waals surface area contributed by atoms with Crippen LogP contribution in [0.15, 0.2) is 47.6 Å². The second-order valence-electron chi connectivity index (χ2n) is 4.34. The predicted molar refractivity (Wildman–Crippen MR) is 77.6 cm³/mol. The first-order valence-electron chi connectivity index (χ1n) is 6.47. The molecule has 2 N–H and O–H groups in total. The van der Waals surface area contributed by atoms with E-state index >= 15 is 0 Å². The molecule has 1 heterocycles. The van der Waals surface area contributed by atoms with E-state index in [1.54, 1.807) is 25.2 Å². The van der Waals surface area contributed by atoms with Crippen molar-refractivity contribution < 1.29 is 8.78 Å². The zero-order valence-corrected chi connectivity index (χ0v) is 11.6. The molecule has 0 spiro atoms. The maximum Gasteiger partial charge on any atom is 0.191 e. The molecule has 2 aromatic rings. The Labute approximate surface area is 121 Å². The van der Waals surface area contributed by atoms with Gasteiger partial charge in [0.25, 0.3) is 0 Å². The number of rotatable bonds is 4. The van der Waals surface area contributed by atoms with Crippen molar-refractivity contribution in [3.63, 3.8) is 0 Å². The summed E-state index contributed by atoms with van der Waals surface area (Å²) in [5, 5.41) is 6.03. The van der Waals surface area contributed by atoms with Gasteiger partial charge in [0.05, 0.1) is 12.2 Å². The van der Waals surface area contributed by atoms with Crippen LogP contribution in [0.2, 0.25) is 0 Å².